The van der Waals surface area contributed by atoms with E-state index in [9.17, 15) is 0 Å². The molecule has 5 heteroatoms. The van der Waals surface area contributed by atoms with Crippen molar-refractivity contribution in [3.63, 3.8) is 0 Å². The van der Waals surface area contributed by atoms with Crippen molar-refractivity contribution in [2.75, 3.05) is 24.1 Å². The third-order valence-electron chi connectivity index (χ3n) is 3.55. The van der Waals surface area contributed by atoms with Crippen LogP contribution >= 0.6 is 11.3 Å². The molecule has 0 unspecified atom stereocenters. The molecule has 0 saturated carbocycles. The maximum absolute atomic E-state index is 6.17. The van der Waals surface area contributed by atoms with E-state index in [0.29, 0.717) is 12.1 Å². The first-order valence-electron chi connectivity index (χ1n) is 7.12. The van der Waals surface area contributed by atoms with Gasteiger partial charge in [-0.25, -0.2) is 4.98 Å². The van der Waals surface area contributed by atoms with Crippen LogP contribution in [0.5, 0.6) is 0 Å². The predicted molar refractivity (Wildman–Crippen MR) is 89.5 cm³/mol. The normalized spacial score (nSPS) is 11.9. The van der Waals surface area contributed by atoms with Gasteiger partial charge >= 0.3 is 0 Å². The average molecular weight is 292 g/mol. The number of nitrogens with two attached hydrogens (primary N) is 1. The molecule has 1 aromatic heterocycles. The van der Waals surface area contributed by atoms with Gasteiger partial charge in [-0.1, -0.05) is 0 Å². The number of benzene rings is 1. The molecular weight excluding hydrogens is 268 g/mol. The Bertz CT molecular complexity index is 554. The molecule has 0 bridgehead atoms. The Morgan fingerprint density at radius 3 is 2.60 bits per heavy atom. The lowest BCUT2D eigenvalue weighted by Gasteiger charge is -2.30. The van der Waals surface area contributed by atoms with Crippen LogP contribution in [0.2, 0.25) is 0 Å². The summed E-state index contributed by atoms with van der Waals surface area (Å²) in [4.78, 5) is 6.78. The molecule has 1 aromatic carbocycles. The van der Waals surface area contributed by atoms with Crippen molar-refractivity contribution >= 4 is 32.9 Å². The molecule has 0 amide bonds. The Balaban J connectivity index is 2.00. The van der Waals surface area contributed by atoms with Gasteiger partial charge in [0, 0.05) is 25.2 Å². The summed E-state index contributed by atoms with van der Waals surface area (Å²) in [5.41, 5.74) is 10.6. The molecule has 0 saturated heterocycles. The van der Waals surface area contributed by atoms with Crippen LogP contribution in [0.3, 0.4) is 0 Å². The van der Waals surface area contributed by atoms with Crippen molar-refractivity contribution in [1.29, 1.82) is 0 Å². The van der Waals surface area contributed by atoms with Crippen molar-refractivity contribution in [2.24, 2.45) is 0 Å². The molecule has 0 atom stereocenters. The van der Waals surface area contributed by atoms with E-state index in [-0.39, 0.29) is 0 Å². The van der Waals surface area contributed by atoms with Crippen LogP contribution in [0.1, 0.15) is 27.7 Å². The zero-order valence-corrected chi connectivity index (χ0v) is 13.5. The van der Waals surface area contributed by atoms with E-state index in [1.54, 1.807) is 11.3 Å². The number of nitrogen functional groups attached to an aromatic ring is 1. The Morgan fingerprint density at radius 2 is 1.95 bits per heavy atom. The number of nitrogens with one attached hydrogen (secondary N) is 1. The minimum atomic E-state index is 0.551. The van der Waals surface area contributed by atoms with Crippen molar-refractivity contribution in [1.82, 2.24) is 9.88 Å². The summed E-state index contributed by atoms with van der Waals surface area (Å²) in [5.74, 6) is 0. The highest BCUT2D eigenvalue weighted by Gasteiger charge is 2.13. The summed E-state index contributed by atoms with van der Waals surface area (Å²) >= 11 is 1.62. The second-order valence-electron chi connectivity index (χ2n) is 5.58. The summed E-state index contributed by atoms with van der Waals surface area (Å²) in [6.45, 7) is 10.8. The molecule has 1 heterocycles. The summed E-state index contributed by atoms with van der Waals surface area (Å²) in [7, 11) is 0. The molecule has 0 radical (unpaired) electrons. The number of aromatic nitrogens is 1. The first-order chi connectivity index (χ1) is 9.50. The third kappa shape index (κ3) is 3.22. The van der Waals surface area contributed by atoms with E-state index in [0.717, 1.165) is 34.7 Å². The summed E-state index contributed by atoms with van der Waals surface area (Å²) in [6.07, 6.45) is 0. The molecule has 3 N–H and O–H groups in total. The molecule has 0 aliphatic carbocycles. The summed E-state index contributed by atoms with van der Waals surface area (Å²) in [5, 5.41) is 3.43. The van der Waals surface area contributed by atoms with Crippen LogP contribution in [-0.2, 0) is 0 Å². The predicted octanol–water partition coefficient (Wildman–Crippen LogP) is 3.41. The molecule has 2 rings (SSSR count). The van der Waals surface area contributed by atoms with Gasteiger partial charge in [0.15, 0.2) is 0 Å². The number of rotatable bonds is 6. The van der Waals surface area contributed by atoms with Crippen LogP contribution < -0.4 is 11.1 Å². The highest BCUT2D eigenvalue weighted by atomic mass is 32.1. The third-order valence-corrected chi connectivity index (χ3v) is 4.35. The number of nitrogens with zero attached hydrogens (tertiary/aromatic N) is 2. The molecule has 2 aromatic rings. The van der Waals surface area contributed by atoms with Gasteiger partial charge in [-0.05, 0) is 39.8 Å². The minimum Gasteiger partial charge on any atom is -0.395 e. The highest BCUT2D eigenvalue weighted by molar-refractivity contribution is 7.16. The fraction of sp³-hybridized carbons (Fsp3) is 0.533. The van der Waals surface area contributed by atoms with Gasteiger partial charge in [-0.2, -0.15) is 0 Å². The van der Waals surface area contributed by atoms with Gasteiger partial charge in [0.1, 0.15) is 5.52 Å². The Labute approximate surface area is 125 Å². The van der Waals surface area contributed by atoms with Crippen molar-refractivity contribution < 1.29 is 0 Å². The molecule has 0 aliphatic rings. The van der Waals surface area contributed by atoms with Crippen molar-refractivity contribution in [2.45, 2.75) is 39.8 Å². The Hall–Kier alpha value is -1.33. The lowest BCUT2D eigenvalue weighted by molar-refractivity contribution is 0.182. The zero-order valence-electron chi connectivity index (χ0n) is 12.7. The highest BCUT2D eigenvalue weighted by Crippen LogP contribution is 2.29. The second-order valence-corrected chi connectivity index (χ2v) is 6.46. The van der Waals surface area contributed by atoms with E-state index >= 15 is 0 Å². The van der Waals surface area contributed by atoms with Gasteiger partial charge in [0.05, 0.1) is 21.6 Å². The van der Waals surface area contributed by atoms with Crippen LogP contribution in [0.25, 0.3) is 10.2 Å². The molecule has 0 fully saturated rings. The average Bonchev–Trinajstić information content (AvgIpc) is 2.85. The lowest BCUT2D eigenvalue weighted by Crippen LogP contribution is -2.40. The number of fused-ring (bicyclic) bond motifs is 1. The fourth-order valence-corrected chi connectivity index (χ4v) is 3.23. The van der Waals surface area contributed by atoms with Gasteiger partial charge < -0.3 is 11.1 Å². The number of hydrogen-bond acceptors (Lipinski definition) is 5. The fourth-order valence-electron chi connectivity index (χ4n) is 2.54. The van der Waals surface area contributed by atoms with E-state index in [4.69, 9.17) is 5.73 Å². The van der Waals surface area contributed by atoms with Crippen LogP contribution in [0.4, 0.5) is 11.4 Å². The minimum absolute atomic E-state index is 0.551. The summed E-state index contributed by atoms with van der Waals surface area (Å²) < 4.78 is 1.14. The largest absolute Gasteiger partial charge is 0.395 e. The molecule has 0 aliphatic heterocycles. The van der Waals surface area contributed by atoms with Gasteiger partial charge in [-0.15, -0.1) is 11.3 Å². The van der Waals surface area contributed by atoms with E-state index in [1.165, 1.54) is 0 Å². The van der Waals surface area contributed by atoms with Gasteiger partial charge in [0.25, 0.3) is 0 Å². The maximum Gasteiger partial charge on any atom is 0.106 e. The second kappa shape index (κ2) is 6.41. The molecule has 4 nitrogen and oxygen atoms in total. The monoisotopic (exact) mass is 292 g/mol. The first-order valence-corrected chi connectivity index (χ1v) is 8.00. The van der Waals surface area contributed by atoms with Crippen LogP contribution in [-0.4, -0.2) is 35.1 Å². The molecule has 0 spiro atoms. The van der Waals surface area contributed by atoms with Gasteiger partial charge in [-0.3, -0.25) is 4.90 Å². The van der Waals surface area contributed by atoms with E-state index in [2.05, 4.69) is 49.0 Å². The first kappa shape index (κ1) is 15.1. The SMILES string of the molecule is CC(C)N(CCNc1ccc2scnc2c1N)C(C)C. The number of thiazole rings is 1. The standard InChI is InChI=1S/C15H24N4S/c1-10(2)19(11(3)4)8-7-17-12-5-6-13-15(14(12)16)18-9-20-13/h5-6,9-11,17H,7-8,16H2,1-4H3. The molecule has 20 heavy (non-hydrogen) atoms. The topological polar surface area (TPSA) is 54.2 Å². The van der Waals surface area contributed by atoms with Crippen LogP contribution in [0.15, 0.2) is 17.6 Å². The van der Waals surface area contributed by atoms with Crippen molar-refractivity contribution in [3.05, 3.63) is 17.6 Å². The Kier molecular flexibility index (Phi) is 4.83. The number of hydrogen-bond donors (Lipinski definition) is 2. The quantitative estimate of drug-likeness (QED) is 0.801. The maximum atomic E-state index is 6.17. The molecular formula is C15H24N4S. The number of anilines is 2. The smallest absolute Gasteiger partial charge is 0.106 e. The van der Waals surface area contributed by atoms with Gasteiger partial charge in [0.2, 0.25) is 0 Å². The summed E-state index contributed by atoms with van der Waals surface area (Å²) in [6, 6.07) is 5.23. The van der Waals surface area contributed by atoms with Crippen molar-refractivity contribution in [3.8, 4) is 0 Å². The lowest BCUT2D eigenvalue weighted by atomic mass is 10.2. The van der Waals surface area contributed by atoms with E-state index < -0.39 is 0 Å². The van der Waals surface area contributed by atoms with Crippen LogP contribution in [0, 0.1) is 0 Å². The molecule has 110 valence electrons. The zero-order chi connectivity index (χ0) is 14.7. The Morgan fingerprint density at radius 1 is 1.25 bits per heavy atom. The van der Waals surface area contributed by atoms with E-state index in [1.807, 2.05) is 11.6 Å².